The maximum atomic E-state index is 13.5. The number of para-hydroxylation sites is 1. The van der Waals surface area contributed by atoms with E-state index in [1.165, 1.54) is 6.07 Å². The molecule has 1 heterocycles. The van der Waals surface area contributed by atoms with Gasteiger partial charge in [-0.3, -0.25) is 4.68 Å². The lowest BCUT2D eigenvalue weighted by Crippen LogP contribution is -1.95. The molecule has 15 heavy (non-hydrogen) atoms. The summed E-state index contributed by atoms with van der Waals surface area (Å²) < 4.78 is 15.1. The number of nitrogens with zero attached hydrogens (tertiary/aromatic N) is 2. The molecule has 4 heteroatoms. The quantitative estimate of drug-likeness (QED) is 0.816. The maximum Gasteiger partial charge on any atom is 0.146 e. The monoisotopic (exact) mass is 205 g/mol. The highest BCUT2D eigenvalue weighted by Crippen LogP contribution is 2.22. The molecule has 0 atom stereocenters. The second kappa shape index (κ2) is 3.73. The summed E-state index contributed by atoms with van der Waals surface area (Å²) in [6.07, 6.45) is 3.46. The minimum atomic E-state index is -0.251. The van der Waals surface area contributed by atoms with Crippen molar-refractivity contribution in [1.29, 1.82) is 0 Å². The predicted octanol–water partition coefficient (Wildman–Crippen LogP) is 2.61. The third kappa shape index (κ3) is 1.98. The molecule has 0 spiro atoms. The number of anilines is 2. The molecule has 0 radical (unpaired) electrons. The first kappa shape index (κ1) is 9.71. The molecule has 3 nitrogen and oxygen atoms in total. The van der Waals surface area contributed by atoms with Crippen LogP contribution in [0.4, 0.5) is 15.8 Å². The minimum absolute atomic E-state index is 0.251. The van der Waals surface area contributed by atoms with Crippen LogP contribution in [0.25, 0.3) is 0 Å². The zero-order chi connectivity index (χ0) is 10.8. The van der Waals surface area contributed by atoms with Crippen molar-refractivity contribution in [3.05, 3.63) is 42.0 Å². The normalized spacial score (nSPS) is 10.3. The van der Waals surface area contributed by atoms with Crippen molar-refractivity contribution in [2.24, 2.45) is 7.05 Å². The number of hydrogen-bond acceptors (Lipinski definition) is 2. The fraction of sp³-hybridized carbons (Fsp3) is 0.182. The summed E-state index contributed by atoms with van der Waals surface area (Å²) in [5.74, 6) is -0.251. The van der Waals surface area contributed by atoms with E-state index in [1.54, 1.807) is 23.1 Å². The SMILES string of the molecule is Cc1cccc(F)c1Nc1cnn(C)c1. The van der Waals surface area contributed by atoms with Gasteiger partial charge < -0.3 is 5.32 Å². The van der Waals surface area contributed by atoms with Crippen LogP contribution < -0.4 is 5.32 Å². The van der Waals surface area contributed by atoms with Gasteiger partial charge in [0.05, 0.1) is 17.6 Å². The van der Waals surface area contributed by atoms with Gasteiger partial charge in [0.2, 0.25) is 0 Å². The zero-order valence-corrected chi connectivity index (χ0v) is 8.66. The standard InChI is InChI=1S/C11H12FN3/c1-8-4-3-5-10(12)11(8)14-9-6-13-15(2)7-9/h3-7,14H,1-2H3. The molecule has 0 unspecified atom stereocenters. The van der Waals surface area contributed by atoms with Crippen LogP contribution in [0.5, 0.6) is 0 Å². The molecule has 0 saturated carbocycles. The van der Waals surface area contributed by atoms with Crippen molar-refractivity contribution in [1.82, 2.24) is 9.78 Å². The first-order valence-corrected chi connectivity index (χ1v) is 4.67. The Morgan fingerprint density at radius 1 is 1.40 bits per heavy atom. The lowest BCUT2D eigenvalue weighted by molar-refractivity contribution is 0.631. The number of halogens is 1. The van der Waals surface area contributed by atoms with Crippen molar-refractivity contribution in [3.8, 4) is 0 Å². The number of nitrogens with one attached hydrogen (secondary N) is 1. The van der Waals surface area contributed by atoms with Crippen molar-refractivity contribution in [2.75, 3.05) is 5.32 Å². The molecular formula is C11H12FN3. The second-order valence-electron chi connectivity index (χ2n) is 3.46. The summed E-state index contributed by atoms with van der Waals surface area (Å²) in [4.78, 5) is 0. The topological polar surface area (TPSA) is 29.9 Å². The first-order chi connectivity index (χ1) is 7.16. The summed E-state index contributed by atoms with van der Waals surface area (Å²) in [6.45, 7) is 1.86. The van der Waals surface area contributed by atoms with E-state index >= 15 is 0 Å². The van der Waals surface area contributed by atoms with E-state index in [2.05, 4.69) is 10.4 Å². The predicted molar refractivity (Wildman–Crippen MR) is 57.6 cm³/mol. The summed E-state index contributed by atoms with van der Waals surface area (Å²) in [5.41, 5.74) is 2.16. The van der Waals surface area contributed by atoms with Gasteiger partial charge in [-0.1, -0.05) is 12.1 Å². The first-order valence-electron chi connectivity index (χ1n) is 4.67. The molecule has 0 aliphatic carbocycles. The molecule has 0 aliphatic rings. The van der Waals surface area contributed by atoms with Gasteiger partial charge in [0.15, 0.2) is 0 Å². The van der Waals surface area contributed by atoms with Gasteiger partial charge in [0.25, 0.3) is 0 Å². The summed E-state index contributed by atoms with van der Waals surface area (Å²) in [5, 5.41) is 7.01. The molecule has 0 aliphatic heterocycles. The van der Waals surface area contributed by atoms with Crippen LogP contribution in [-0.2, 0) is 7.05 Å². The van der Waals surface area contributed by atoms with Crippen LogP contribution in [0, 0.1) is 12.7 Å². The van der Waals surface area contributed by atoms with Crippen molar-refractivity contribution < 1.29 is 4.39 Å². The van der Waals surface area contributed by atoms with Gasteiger partial charge in [-0.25, -0.2) is 4.39 Å². The Morgan fingerprint density at radius 2 is 2.20 bits per heavy atom. The van der Waals surface area contributed by atoms with Crippen LogP contribution >= 0.6 is 0 Å². The Morgan fingerprint density at radius 3 is 2.80 bits per heavy atom. The van der Waals surface area contributed by atoms with Crippen LogP contribution in [0.3, 0.4) is 0 Å². The lowest BCUT2D eigenvalue weighted by atomic mass is 10.2. The highest BCUT2D eigenvalue weighted by atomic mass is 19.1. The molecule has 2 rings (SSSR count). The Hall–Kier alpha value is -1.84. The largest absolute Gasteiger partial charge is 0.350 e. The van der Waals surface area contributed by atoms with Crippen LogP contribution in [0.2, 0.25) is 0 Å². The zero-order valence-electron chi connectivity index (χ0n) is 8.66. The Balaban J connectivity index is 2.31. The number of aromatic nitrogens is 2. The van der Waals surface area contributed by atoms with Crippen molar-refractivity contribution in [2.45, 2.75) is 6.92 Å². The van der Waals surface area contributed by atoms with E-state index in [1.807, 2.05) is 20.0 Å². The van der Waals surface area contributed by atoms with Crippen molar-refractivity contribution in [3.63, 3.8) is 0 Å². The number of aryl methyl sites for hydroxylation is 2. The summed E-state index contributed by atoms with van der Waals surface area (Å²) >= 11 is 0. The third-order valence-corrected chi connectivity index (χ3v) is 2.20. The Kier molecular flexibility index (Phi) is 2.41. The van der Waals surface area contributed by atoms with Gasteiger partial charge >= 0.3 is 0 Å². The lowest BCUT2D eigenvalue weighted by Gasteiger charge is -2.07. The highest BCUT2D eigenvalue weighted by Gasteiger charge is 2.05. The molecule has 0 amide bonds. The number of benzene rings is 1. The fourth-order valence-corrected chi connectivity index (χ4v) is 1.42. The van der Waals surface area contributed by atoms with Crippen LogP contribution in [0.15, 0.2) is 30.6 Å². The van der Waals surface area contributed by atoms with Crippen molar-refractivity contribution >= 4 is 11.4 Å². The van der Waals surface area contributed by atoms with Crippen LogP contribution in [0.1, 0.15) is 5.56 Å². The van der Waals surface area contributed by atoms with Gasteiger partial charge in [-0.2, -0.15) is 5.10 Å². The molecule has 2 aromatic rings. The van der Waals surface area contributed by atoms with Crippen LogP contribution in [-0.4, -0.2) is 9.78 Å². The summed E-state index contributed by atoms with van der Waals surface area (Å²) in [6, 6.07) is 4.99. The minimum Gasteiger partial charge on any atom is -0.350 e. The van der Waals surface area contributed by atoms with E-state index in [0.717, 1.165) is 11.3 Å². The average Bonchev–Trinajstić information content (AvgIpc) is 2.58. The average molecular weight is 205 g/mol. The molecule has 1 aromatic carbocycles. The number of hydrogen-bond donors (Lipinski definition) is 1. The van der Waals surface area contributed by atoms with E-state index in [9.17, 15) is 4.39 Å². The van der Waals surface area contributed by atoms with Gasteiger partial charge in [-0.15, -0.1) is 0 Å². The van der Waals surface area contributed by atoms with Gasteiger partial charge in [0.1, 0.15) is 5.82 Å². The van der Waals surface area contributed by atoms with Gasteiger partial charge in [0, 0.05) is 13.2 Å². The maximum absolute atomic E-state index is 13.5. The van der Waals surface area contributed by atoms with E-state index in [4.69, 9.17) is 0 Å². The van der Waals surface area contributed by atoms with Gasteiger partial charge in [-0.05, 0) is 18.6 Å². The molecule has 1 N–H and O–H groups in total. The molecule has 78 valence electrons. The van der Waals surface area contributed by atoms with E-state index < -0.39 is 0 Å². The molecule has 0 fully saturated rings. The highest BCUT2D eigenvalue weighted by molar-refractivity contribution is 5.62. The molecular weight excluding hydrogens is 193 g/mol. The fourth-order valence-electron chi connectivity index (χ4n) is 1.42. The van der Waals surface area contributed by atoms with E-state index in [0.29, 0.717) is 5.69 Å². The molecule has 0 saturated heterocycles. The smallest absolute Gasteiger partial charge is 0.146 e. The van der Waals surface area contributed by atoms with E-state index in [-0.39, 0.29) is 5.82 Å². The molecule has 0 bridgehead atoms. The molecule has 1 aromatic heterocycles. The summed E-state index contributed by atoms with van der Waals surface area (Å²) in [7, 11) is 1.82. The second-order valence-corrected chi connectivity index (χ2v) is 3.46. The Labute approximate surface area is 87.5 Å². The Bertz CT molecular complexity index is 456. The number of rotatable bonds is 2. The third-order valence-electron chi connectivity index (χ3n) is 2.20.